The summed E-state index contributed by atoms with van der Waals surface area (Å²) in [5, 5.41) is 7.87. The third-order valence-corrected chi connectivity index (χ3v) is 5.05. The molecule has 0 spiro atoms. The van der Waals surface area contributed by atoms with Gasteiger partial charge >= 0.3 is 0 Å². The van der Waals surface area contributed by atoms with Crippen LogP contribution >= 0.6 is 11.3 Å². The Bertz CT molecular complexity index is 1090. The lowest BCUT2D eigenvalue weighted by Crippen LogP contribution is -2.21. The molecule has 1 aliphatic heterocycles. The maximum absolute atomic E-state index is 12.6. The monoisotopic (exact) mass is 421 g/mol. The minimum Gasteiger partial charge on any atom is -0.490 e. The van der Waals surface area contributed by atoms with Gasteiger partial charge in [-0.2, -0.15) is 0 Å². The van der Waals surface area contributed by atoms with Crippen molar-refractivity contribution in [2.45, 2.75) is 6.92 Å². The Hall–Kier alpha value is -3.65. The van der Waals surface area contributed by atoms with Gasteiger partial charge in [0.25, 0.3) is 11.8 Å². The van der Waals surface area contributed by atoms with E-state index in [0.29, 0.717) is 40.1 Å². The van der Waals surface area contributed by atoms with Crippen molar-refractivity contribution in [2.24, 2.45) is 0 Å². The first-order chi connectivity index (χ1) is 14.6. The smallest absolute Gasteiger partial charge is 0.257 e. The predicted octanol–water partition coefficient (Wildman–Crippen LogP) is 4.21. The van der Waals surface area contributed by atoms with Gasteiger partial charge in [-0.15, -0.1) is 11.3 Å². The maximum atomic E-state index is 12.6. The Labute approximate surface area is 177 Å². The summed E-state index contributed by atoms with van der Waals surface area (Å²) in [4.78, 5) is 28.9. The molecule has 0 fully saturated rings. The van der Waals surface area contributed by atoms with Crippen LogP contribution in [-0.4, -0.2) is 30.0 Å². The highest BCUT2D eigenvalue weighted by Gasteiger charge is 2.20. The second-order valence-electron chi connectivity index (χ2n) is 6.39. The topological polar surface area (TPSA) is 89.5 Å². The molecule has 1 aromatic heterocycles. The second kappa shape index (κ2) is 8.79. The van der Waals surface area contributed by atoms with E-state index in [1.165, 1.54) is 11.3 Å². The number of fused-ring (bicyclic) bond motifs is 1. The molecule has 4 rings (SSSR count). The van der Waals surface area contributed by atoms with Crippen molar-refractivity contribution >= 4 is 40.0 Å². The molecule has 1 aliphatic rings. The summed E-state index contributed by atoms with van der Waals surface area (Å²) in [5.74, 6) is 0.791. The van der Waals surface area contributed by atoms with Gasteiger partial charge in [0, 0.05) is 28.4 Å². The Morgan fingerprint density at radius 2 is 1.97 bits per heavy atom. The first-order valence-electron chi connectivity index (χ1n) is 9.35. The highest BCUT2D eigenvalue weighted by molar-refractivity contribution is 7.13. The van der Waals surface area contributed by atoms with Crippen molar-refractivity contribution in [1.29, 1.82) is 0 Å². The summed E-state index contributed by atoms with van der Waals surface area (Å²) in [7, 11) is 0. The van der Waals surface area contributed by atoms with Gasteiger partial charge in [0.15, 0.2) is 16.6 Å². The third kappa shape index (κ3) is 4.33. The molecule has 0 aliphatic carbocycles. The van der Waals surface area contributed by atoms with E-state index in [1.54, 1.807) is 41.9 Å². The van der Waals surface area contributed by atoms with E-state index in [1.807, 2.05) is 25.1 Å². The molecule has 0 saturated heterocycles. The molecule has 0 saturated carbocycles. The average Bonchev–Trinajstić information content (AvgIpc) is 3.27. The number of carbonyl (C=O) groups excluding carboxylic acids is 2. The number of nitrogens with zero attached hydrogens (tertiary/aromatic N) is 1. The first-order valence-corrected chi connectivity index (χ1v) is 10.2. The number of para-hydroxylation sites is 1. The standard InChI is InChI=1S/C22H19N3O4S/c1-2-28-18-5-3-4-15-12-16(13-29-19(15)18)21(27)24-17-8-6-14(7-9-17)20(26)25-22-23-10-11-30-22/h3-12H,2,13H2,1H3,(H,24,27)(H,23,25,26). The Morgan fingerprint density at radius 3 is 2.70 bits per heavy atom. The lowest BCUT2D eigenvalue weighted by atomic mass is 10.1. The van der Waals surface area contributed by atoms with Crippen molar-refractivity contribution in [3.05, 3.63) is 70.7 Å². The number of hydrogen-bond donors (Lipinski definition) is 2. The molecular weight excluding hydrogens is 402 g/mol. The molecular formula is C22H19N3O4S. The summed E-state index contributed by atoms with van der Waals surface area (Å²) in [5.41, 5.74) is 2.36. The maximum Gasteiger partial charge on any atom is 0.257 e. The van der Waals surface area contributed by atoms with E-state index in [-0.39, 0.29) is 18.4 Å². The van der Waals surface area contributed by atoms with Crippen LogP contribution < -0.4 is 20.1 Å². The summed E-state index contributed by atoms with van der Waals surface area (Å²) < 4.78 is 11.3. The largest absolute Gasteiger partial charge is 0.490 e. The molecule has 0 bridgehead atoms. The average molecular weight is 421 g/mol. The Balaban J connectivity index is 1.43. The second-order valence-corrected chi connectivity index (χ2v) is 7.28. The van der Waals surface area contributed by atoms with Crippen LogP contribution in [0.15, 0.2) is 59.6 Å². The van der Waals surface area contributed by atoms with Crippen molar-refractivity contribution < 1.29 is 19.1 Å². The molecule has 2 N–H and O–H groups in total. The fourth-order valence-electron chi connectivity index (χ4n) is 2.95. The molecule has 0 radical (unpaired) electrons. The van der Waals surface area contributed by atoms with Crippen LogP contribution in [0.3, 0.4) is 0 Å². The fraction of sp³-hybridized carbons (Fsp3) is 0.136. The quantitative estimate of drug-likeness (QED) is 0.622. The molecule has 2 heterocycles. The van der Waals surface area contributed by atoms with Crippen LogP contribution in [0.5, 0.6) is 11.5 Å². The van der Waals surface area contributed by atoms with E-state index in [4.69, 9.17) is 9.47 Å². The van der Waals surface area contributed by atoms with Gasteiger partial charge in [-0.1, -0.05) is 12.1 Å². The number of ether oxygens (including phenoxy) is 2. The molecule has 3 aromatic rings. The van der Waals surface area contributed by atoms with Gasteiger partial charge in [0.05, 0.1) is 12.2 Å². The number of rotatable bonds is 6. The normalized spacial score (nSPS) is 12.2. The van der Waals surface area contributed by atoms with Gasteiger partial charge in [0.2, 0.25) is 0 Å². The third-order valence-electron chi connectivity index (χ3n) is 4.36. The van der Waals surface area contributed by atoms with Crippen molar-refractivity contribution in [2.75, 3.05) is 23.8 Å². The number of aromatic nitrogens is 1. The van der Waals surface area contributed by atoms with Gasteiger partial charge in [0.1, 0.15) is 6.61 Å². The number of carbonyl (C=O) groups is 2. The predicted molar refractivity (Wildman–Crippen MR) is 116 cm³/mol. The van der Waals surface area contributed by atoms with Gasteiger partial charge < -0.3 is 14.8 Å². The van der Waals surface area contributed by atoms with E-state index < -0.39 is 0 Å². The van der Waals surface area contributed by atoms with Crippen LogP contribution in [0.4, 0.5) is 10.8 Å². The number of anilines is 2. The van der Waals surface area contributed by atoms with Gasteiger partial charge in [-0.05, 0) is 43.3 Å². The molecule has 2 amide bonds. The zero-order valence-corrected chi connectivity index (χ0v) is 17.0. The van der Waals surface area contributed by atoms with Crippen LogP contribution in [-0.2, 0) is 4.79 Å². The highest BCUT2D eigenvalue weighted by atomic mass is 32.1. The minimum absolute atomic E-state index is 0.150. The van der Waals surface area contributed by atoms with Crippen molar-refractivity contribution in [3.8, 4) is 11.5 Å². The van der Waals surface area contributed by atoms with Gasteiger partial charge in [-0.25, -0.2) is 4.98 Å². The molecule has 152 valence electrons. The molecule has 8 heteroatoms. The minimum atomic E-state index is -0.262. The summed E-state index contributed by atoms with van der Waals surface area (Å²) in [6.45, 7) is 2.59. The Kier molecular flexibility index (Phi) is 5.76. The van der Waals surface area contributed by atoms with E-state index >= 15 is 0 Å². The Morgan fingerprint density at radius 1 is 1.13 bits per heavy atom. The van der Waals surface area contributed by atoms with Crippen molar-refractivity contribution in [3.63, 3.8) is 0 Å². The highest BCUT2D eigenvalue weighted by Crippen LogP contribution is 2.36. The van der Waals surface area contributed by atoms with E-state index in [2.05, 4.69) is 15.6 Å². The molecule has 0 unspecified atom stereocenters. The van der Waals surface area contributed by atoms with E-state index in [0.717, 1.165) is 5.56 Å². The number of hydrogen-bond acceptors (Lipinski definition) is 6. The summed E-state index contributed by atoms with van der Waals surface area (Å²) >= 11 is 1.35. The fourth-order valence-corrected chi connectivity index (χ4v) is 3.48. The zero-order chi connectivity index (χ0) is 20.9. The number of thiazole rings is 1. The number of amides is 2. The number of benzene rings is 2. The molecule has 7 nitrogen and oxygen atoms in total. The summed E-state index contributed by atoms with van der Waals surface area (Å²) in [6, 6.07) is 12.2. The van der Waals surface area contributed by atoms with E-state index in [9.17, 15) is 9.59 Å². The van der Waals surface area contributed by atoms with Gasteiger partial charge in [-0.3, -0.25) is 14.9 Å². The SMILES string of the molecule is CCOc1cccc2c1OCC(C(=O)Nc1ccc(C(=O)Nc3nccs3)cc1)=C2. The van der Waals surface area contributed by atoms with Crippen LogP contribution in [0.1, 0.15) is 22.8 Å². The zero-order valence-electron chi connectivity index (χ0n) is 16.2. The lowest BCUT2D eigenvalue weighted by Gasteiger charge is -2.20. The lowest BCUT2D eigenvalue weighted by molar-refractivity contribution is -0.113. The van der Waals surface area contributed by atoms with Crippen molar-refractivity contribution in [1.82, 2.24) is 4.98 Å². The van der Waals surface area contributed by atoms with Crippen LogP contribution in [0.2, 0.25) is 0 Å². The molecule has 0 atom stereocenters. The molecule has 2 aromatic carbocycles. The molecule has 30 heavy (non-hydrogen) atoms. The summed E-state index contributed by atoms with van der Waals surface area (Å²) in [6.07, 6.45) is 3.42. The first kappa shape index (κ1) is 19.7. The van der Waals surface area contributed by atoms with Crippen LogP contribution in [0, 0.1) is 0 Å². The number of nitrogens with one attached hydrogen (secondary N) is 2. The van der Waals surface area contributed by atoms with Crippen LogP contribution in [0.25, 0.3) is 6.08 Å².